The van der Waals surface area contributed by atoms with Gasteiger partial charge in [-0.15, -0.1) is 0 Å². The molecular weight excluding hydrogens is 242 g/mol. The Hall–Kier alpha value is -1.55. The smallest absolute Gasteiger partial charge is 0.303 e. The summed E-state index contributed by atoms with van der Waals surface area (Å²) in [7, 11) is 0. The normalized spacial score (nSPS) is 18.5. The number of hydrogen-bond acceptors (Lipinski definition) is 3. The molecule has 2 rings (SSSR count). The summed E-state index contributed by atoms with van der Waals surface area (Å²) in [6, 6.07) is 6.10. The van der Waals surface area contributed by atoms with Crippen LogP contribution in [0.1, 0.15) is 30.4 Å². The van der Waals surface area contributed by atoms with Crippen molar-refractivity contribution in [3.8, 4) is 5.75 Å². The van der Waals surface area contributed by atoms with Crippen LogP contribution in [0.15, 0.2) is 18.2 Å². The van der Waals surface area contributed by atoms with Crippen LogP contribution in [0.3, 0.4) is 0 Å². The van der Waals surface area contributed by atoms with Crippen LogP contribution in [-0.4, -0.2) is 24.2 Å². The first-order valence-corrected chi connectivity index (χ1v) is 6.85. The van der Waals surface area contributed by atoms with E-state index in [0.29, 0.717) is 13.2 Å². The van der Waals surface area contributed by atoms with Gasteiger partial charge in [-0.3, -0.25) is 4.79 Å². The van der Waals surface area contributed by atoms with E-state index in [1.54, 1.807) is 0 Å². The van der Waals surface area contributed by atoms with Crippen LogP contribution in [0.5, 0.6) is 5.75 Å². The third kappa shape index (κ3) is 3.96. The van der Waals surface area contributed by atoms with E-state index >= 15 is 0 Å². The van der Waals surface area contributed by atoms with Crippen LogP contribution in [-0.2, 0) is 17.6 Å². The molecule has 0 bridgehead atoms. The Labute approximate surface area is 113 Å². The lowest BCUT2D eigenvalue weighted by molar-refractivity contribution is -0.138. The lowest BCUT2D eigenvalue weighted by Gasteiger charge is -2.13. The lowest BCUT2D eigenvalue weighted by atomic mass is 9.94. The SMILES string of the molecule is NCCOc1ccc2c(c1)CCCC(CC(=O)O)C2. The fraction of sp³-hybridized carbons (Fsp3) is 0.533. The average molecular weight is 263 g/mol. The van der Waals surface area contributed by atoms with Crippen molar-refractivity contribution in [2.45, 2.75) is 32.1 Å². The summed E-state index contributed by atoms with van der Waals surface area (Å²) in [6.45, 7) is 1.04. The van der Waals surface area contributed by atoms with Gasteiger partial charge in [0.05, 0.1) is 0 Å². The summed E-state index contributed by atoms with van der Waals surface area (Å²) < 4.78 is 5.53. The quantitative estimate of drug-likeness (QED) is 0.797. The van der Waals surface area contributed by atoms with E-state index in [0.717, 1.165) is 31.4 Å². The van der Waals surface area contributed by atoms with E-state index in [9.17, 15) is 4.79 Å². The maximum Gasteiger partial charge on any atom is 0.303 e. The third-order valence-corrected chi connectivity index (χ3v) is 3.59. The molecule has 0 spiro atoms. The Morgan fingerprint density at radius 2 is 2.26 bits per heavy atom. The summed E-state index contributed by atoms with van der Waals surface area (Å²) in [5, 5.41) is 8.91. The van der Waals surface area contributed by atoms with Crippen LogP contribution in [0, 0.1) is 5.92 Å². The van der Waals surface area contributed by atoms with Crippen LogP contribution in [0.25, 0.3) is 0 Å². The molecular formula is C15H21NO3. The Balaban J connectivity index is 2.09. The molecule has 1 unspecified atom stereocenters. The number of aliphatic carboxylic acids is 1. The maximum absolute atomic E-state index is 10.8. The minimum Gasteiger partial charge on any atom is -0.492 e. The number of aryl methyl sites for hydroxylation is 1. The Morgan fingerprint density at radius 1 is 1.42 bits per heavy atom. The van der Waals surface area contributed by atoms with Crippen LogP contribution < -0.4 is 10.5 Å². The molecule has 4 heteroatoms. The highest BCUT2D eigenvalue weighted by molar-refractivity contribution is 5.67. The van der Waals surface area contributed by atoms with Crippen molar-refractivity contribution in [2.75, 3.05) is 13.2 Å². The van der Waals surface area contributed by atoms with Gasteiger partial charge < -0.3 is 15.6 Å². The third-order valence-electron chi connectivity index (χ3n) is 3.59. The molecule has 0 aliphatic heterocycles. The topological polar surface area (TPSA) is 72.5 Å². The van der Waals surface area contributed by atoms with E-state index in [2.05, 4.69) is 12.1 Å². The Kier molecular flexibility index (Phi) is 4.80. The van der Waals surface area contributed by atoms with Gasteiger partial charge >= 0.3 is 5.97 Å². The van der Waals surface area contributed by atoms with E-state index in [1.807, 2.05) is 6.07 Å². The number of carbonyl (C=O) groups is 1. The minimum absolute atomic E-state index is 0.259. The molecule has 0 radical (unpaired) electrons. The molecule has 1 aliphatic rings. The second-order valence-electron chi connectivity index (χ2n) is 5.13. The zero-order chi connectivity index (χ0) is 13.7. The highest BCUT2D eigenvalue weighted by Crippen LogP contribution is 2.29. The Morgan fingerprint density at radius 3 is 3.00 bits per heavy atom. The first-order chi connectivity index (χ1) is 9.19. The number of ether oxygens (including phenoxy) is 1. The molecule has 3 N–H and O–H groups in total. The standard InChI is InChI=1S/C15H21NO3/c16-6-7-19-14-5-4-13-8-11(9-15(17)18)2-1-3-12(13)10-14/h4-5,10-11H,1-3,6-9,16H2,(H,17,18). The highest BCUT2D eigenvalue weighted by atomic mass is 16.5. The molecule has 4 nitrogen and oxygen atoms in total. The van der Waals surface area contributed by atoms with Crippen molar-refractivity contribution < 1.29 is 14.6 Å². The predicted molar refractivity (Wildman–Crippen MR) is 73.4 cm³/mol. The van der Waals surface area contributed by atoms with Gasteiger partial charge in [0.1, 0.15) is 12.4 Å². The zero-order valence-corrected chi connectivity index (χ0v) is 11.1. The van der Waals surface area contributed by atoms with Gasteiger partial charge in [-0.05, 0) is 54.9 Å². The predicted octanol–water partition coefficient (Wildman–Crippen LogP) is 1.99. The van der Waals surface area contributed by atoms with E-state index < -0.39 is 5.97 Å². The van der Waals surface area contributed by atoms with E-state index in [4.69, 9.17) is 15.6 Å². The molecule has 0 amide bonds. The second-order valence-corrected chi connectivity index (χ2v) is 5.13. The van der Waals surface area contributed by atoms with Gasteiger partial charge in [-0.25, -0.2) is 0 Å². The molecule has 104 valence electrons. The first kappa shape index (κ1) is 13.9. The molecule has 0 fully saturated rings. The second kappa shape index (κ2) is 6.57. The van der Waals surface area contributed by atoms with Crippen LogP contribution >= 0.6 is 0 Å². The fourth-order valence-electron chi connectivity index (χ4n) is 2.72. The fourth-order valence-corrected chi connectivity index (χ4v) is 2.72. The molecule has 0 saturated carbocycles. The van der Waals surface area contributed by atoms with Gasteiger partial charge in [0, 0.05) is 13.0 Å². The van der Waals surface area contributed by atoms with Gasteiger partial charge in [-0.1, -0.05) is 6.07 Å². The van der Waals surface area contributed by atoms with Crippen LogP contribution in [0.2, 0.25) is 0 Å². The maximum atomic E-state index is 10.8. The van der Waals surface area contributed by atoms with Crippen molar-refractivity contribution in [3.05, 3.63) is 29.3 Å². The van der Waals surface area contributed by atoms with Crippen molar-refractivity contribution >= 4 is 5.97 Å². The number of fused-ring (bicyclic) bond motifs is 1. The number of carboxylic acids is 1. The Bertz CT molecular complexity index is 445. The van der Waals surface area contributed by atoms with Crippen molar-refractivity contribution in [1.82, 2.24) is 0 Å². The van der Waals surface area contributed by atoms with Crippen molar-refractivity contribution in [2.24, 2.45) is 11.7 Å². The van der Waals surface area contributed by atoms with E-state index in [-0.39, 0.29) is 12.3 Å². The van der Waals surface area contributed by atoms with Crippen LogP contribution in [0.4, 0.5) is 0 Å². The number of carboxylic acid groups (broad SMARTS) is 1. The summed E-state index contributed by atoms with van der Waals surface area (Å²) in [5.74, 6) is 0.423. The molecule has 0 aromatic heterocycles. The van der Waals surface area contributed by atoms with Gasteiger partial charge in [0.25, 0.3) is 0 Å². The molecule has 0 heterocycles. The summed E-state index contributed by atoms with van der Waals surface area (Å²) >= 11 is 0. The largest absolute Gasteiger partial charge is 0.492 e. The van der Waals surface area contributed by atoms with Gasteiger partial charge in [0.2, 0.25) is 0 Å². The average Bonchev–Trinajstić information content (AvgIpc) is 2.56. The first-order valence-electron chi connectivity index (χ1n) is 6.85. The number of rotatable bonds is 5. The minimum atomic E-state index is -0.698. The van der Waals surface area contributed by atoms with E-state index in [1.165, 1.54) is 11.1 Å². The summed E-state index contributed by atoms with van der Waals surface area (Å²) in [6.07, 6.45) is 4.17. The molecule has 1 aliphatic carbocycles. The van der Waals surface area contributed by atoms with Crippen molar-refractivity contribution in [1.29, 1.82) is 0 Å². The molecule has 1 atom stereocenters. The summed E-state index contributed by atoms with van der Waals surface area (Å²) in [4.78, 5) is 10.8. The molecule has 1 aromatic carbocycles. The number of hydrogen-bond donors (Lipinski definition) is 2. The highest BCUT2D eigenvalue weighted by Gasteiger charge is 2.19. The lowest BCUT2D eigenvalue weighted by Crippen LogP contribution is -2.11. The monoisotopic (exact) mass is 263 g/mol. The molecule has 0 saturated heterocycles. The molecule has 19 heavy (non-hydrogen) atoms. The number of nitrogens with two attached hydrogens (primary N) is 1. The molecule has 1 aromatic rings. The summed E-state index contributed by atoms with van der Waals surface area (Å²) in [5.41, 5.74) is 7.98. The van der Waals surface area contributed by atoms with Crippen molar-refractivity contribution in [3.63, 3.8) is 0 Å². The number of benzene rings is 1. The zero-order valence-electron chi connectivity index (χ0n) is 11.1. The van der Waals surface area contributed by atoms with Gasteiger partial charge in [-0.2, -0.15) is 0 Å². The van der Waals surface area contributed by atoms with Gasteiger partial charge in [0.15, 0.2) is 0 Å².